The third-order valence-electron chi connectivity index (χ3n) is 5.85. The number of piperidine rings is 3. The Morgan fingerprint density at radius 1 is 1.21 bits per heavy atom. The lowest BCUT2D eigenvalue weighted by molar-refractivity contribution is -0.177. The summed E-state index contributed by atoms with van der Waals surface area (Å²) >= 11 is 0. The van der Waals surface area contributed by atoms with Crippen molar-refractivity contribution in [2.45, 2.75) is 43.8 Å². The molecule has 3 saturated heterocycles. The van der Waals surface area contributed by atoms with Crippen LogP contribution in [-0.4, -0.2) is 41.7 Å². The van der Waals surface area contributed by atoms with Crippen LogP contribution in [-0.2, 0) is 15.1 Å². The first-order valence-corrected chi connectivity index (χ1v) is 9.09. The summed E-state index contributed by atoms with van der Waals surface area (Å²) in [6.45, 7) is 3.01. The van der Waals surface area contributed by atoms with Gasteiger partial charge in [-0.15, -0.1) is 0 Å². The molecular formula is C20H25NO3. The number of esters is 1. The number of rotatable bonds is 4. The minimum atomic E-state index is -1.64. The Morgan fingerprint density at radius 2 is 1.96 bits per heavy atom. The Morgan fingerprint density at radius 3 is 2.54 bits per heavy atom. The molecule has 1 N–H and O–H groups in total. The number of hydrogen-bond donors (Lipinski definition) is 1. The zero-order valence-electron chi connectivity index (χ0n) is 14.0. The Kier molecular flexibility index (Phi) is 4.19. The SMILES string of the molecule is O=C(O[C@H]1CN2CCC1CC2)[C@@](O)(C1=CCCC1)c1ccccc1. The van der Waals surface area contributed by atoms with Crippen molar-refractivity contribution in [3.63, 3.8) is 0 Å². The summed E-state index contributed by atoms with van der Waals surface area (Å²) in [6, 6.07) is 9.24. The fourth-order valence-corrected chi connectivity index (χ4v) is 4.38. The second-order valence-electron chi connectivity index (χ2n) is 7.28. The molecule has 128 valence electrons. The minimum absolute atomic E-state index is 0.0859. The lowest BCUT2D eigenvalue weighted by atomic mass is 9.84. The summed E-state index contributed by atoms with van der Waals surface area (Å²) in [5.41, 5.74) is -0.228. The van der Waals surface area contributed by atoms with Gasteiger partial charge >= 0.3 is 5.97 Å². The number of nitrogens with zero attached hydrogens (tertiary/aromatic N) is 1. The molecule has 4 aliphatic rings. The van der Waals surface area contributed by atoms with Crippen molar-refractivity contribution in [2.24, 2.45) is 5.92 Å². The van der Waals surface area contributed by atoms with Gasteiger partial charge in [-0.25, -0.2) is 4.79 Å². The summed E-state index contributed by atoms with van der Waals surface area (Å²) < 4.78 is 5.89. The van der Waals surface area contributed by atoms with Crippen molar-refractivity contribution >= 4 is 5.97 Å². The zero-order valence-corrected chi connectivity index (χ0v) is 14.0. The van der Waals surface area contributed by atoms with Gasteiger partial charge in [0.05, 0.1) is 0 Å². The first-order chi connectivity index (χ1) is 11.7. The van der Waals surface area contributed by atoms with Gasteiger partial charge in [0.25, 0.3) is 0 Å². The number of aliphatic hydroxyl groups is 1. The second kappa shape index (κ2) is 6.34. The molecule has 24 heavy (non-hydrogen) atoms. The van der Waals surface area contributed by atoms with Crippen LogP contribution in [0.15, 0.2) is 42.0 Å². The lowest BCUT2D eigenvalue weighted by Crippen LogP contribution is -2.53. The maximum Gasteiger partial charge on any atom is 0.347 e. The summed E-state index contributed by atoms with van der Waals surface area (Å²) in [6.07, 6.45) is 6.74. The molecule has 3 aliphatic heterocycles. The second-order valence-corrected chi connectivity index (χ2v) is 7.28. The van der Waals surface area contributed by atoms with Gasteiger partial charge in [-0.2, -0.15) is 0 Å². The van der Waals surface area contributed by atoms with Crippen molar-refractivity contribution < 1.29 is 14.6 Å². The normalized spacial score (nSPS) is 31.4. The molecule has 3 heterocycles. The van der Waals surface area contributed by atoms with E-state index in [0.29, 0.717) is 11.5 Å². The van der Waals surface area contributed by atoms with Crippen LogP contribution in [0.4, 0.5) is 0 Å². The van der Waals surface area contributed by atoms with Crippen molar-refractivity contribution in [3.05, 3.63) is 47.5 Å². The average Bonchev–Trinajstić information content (AvgIpc) is 3.18. The Hall–Kier alpha value is -1.65. The van der Waals surface area contributed by atoms with Crippen molar-refractivity contribution in [3.8, 4) is 0 Å². The van der Waals surface area contributed by atoms with E-state index in [-0.39, 0.29) is 6.10 Å². The van der Waals surface area contributed by atoms with Gasteiger partial charge in [-0.3, -0.25) is 4.90 Å². The van der Waals surface area contributed by atoms with E-state index in [1.165, 1.54) is 0 Å². The standard InChI is InChI=1S/C20H25NO3/c22-19(24-18-14-21-12-10-15(18)11-13-21)20(23,17-8-4-5-9-17)16-6-2-1-3-7-16/h1-3,6-8,15,18,23H,4-5,9-14H2/t18-,20-/m0/s1. The van der Waals surface area contributed by atoms with Gasteiger partial charge in [-0.1, -0.05) is 36.4 Å². The fourth-order valence-electron chi connectivity index (χ4n) is 4.38. The fraction of sp³-hybridized carbons (Fsp3) is 0.550. The van der Waals surface area contributed by atoms with Gasteiger partial charge in [0, 0.05) is 6.54 Å². The molecule has 4 nitrogen and oxygen atoms in total. The van der Waals surface area contributed by atoms with Crippen LogP contribution in [0.1, 0.15) is 37.7 Å². The number of fused-ring (bicyclic) bond motifs is 3. The van der Waals surface area contributed by atoms with Gasteiger partial charge in [0.1, 0.15) is 6.10 Å². The molecule has 1 aromatic carbocycles. The first-order valence-electron chi connectivity index (χ1n) is 9.09. The highest BCUT2D eigenvalue weighted by Gasteiger charge is 2.46. The van der Waals surface area contributed by atoms with Crippen LogP contribution in [0.3, 0.4) is 0 Å². The maximum absolute atomic E-state index is 13.1. The van der Waals surface area contributed by atoms with Crippen LogP contribution in [0.25, 0.3) is 0 Å². The minimum Gasteiger partial charge on any atom is -0.458 e. The summed E-state index contributed by atoms with van der Waals surface area (Å²) in [5, 5.41) is 11.4. The largest absolute Gasteiger partial charge is 0.458 e. The predicted molar refractivity (Wildman–Crippen MR) is 91.3 cm³/mol. The van der Waals surface area contributed by atoms with Crippen molar-refractivity contribution in [1.29, 1.82) is 0 Å². The smallest absolute Gasteiger partial charge is 0.347 e. The molecule has 4 heteroatoms. The van der Waals surface area contributed by atoms with E-state index >= 15 is 0 Å². The lowest BCUT2D eigenvalue weighted by Gasteiger charge is -2.44. The molecule has 1 aliphatic carbocycles. The number of carbonyl (C=O) groups excluding carboxylic acids is 1. The monoisotopic (exact) mass is 327 g/mol. The first kappa shape index (κ1) is 15.9. The molecule has 1 aromatic rings. The Bertz CT molecular complexity index is 634. The molecular weight excluding hydrogens is 302 g/mol. The van der Waals surface area contributed by atoms with E-state index in [4.69, 9.17) is 4.74 Å². The van der Waals surface area contributed by atoms with E-state index in [2.05, 4.69) is 4.90 Å². The van der Waals surface area contributed by atoms with Gasteiger partial charge < -0.3 is 9.84 Å². The van der Waals surface area contributed by atoms with E-state index in [1.807, 2.05) is 36.4 Å². The van der Waals surface area contributed by atoms with Crippen LogP contribution in [0.2, 0.25) is 0 Å². The van der Waals surface area contributed by atoms with E-state index in [0.717, 1.165) is 57.3 Å². The number of ether oxygens (including phenoxy) is 1. The molecule has 2 bridgehead atoms. The number of allylic oxidation sites excluding steroid dienone is 1. The highest BCUT2D eigenvalue weighted by Crippen LogP contribution is 2.39. The third kappa shape index (κ3) is 2.68. The van der Waals surface area contributed by atoms with Gasteiger partial charge in [0.2, 0.25) is 5.60 Å². The van der Waals surface area contributed by atoms with Gasteiger partial charge in [-0.05, 0) is 62.2 Å². The molecule has 0 saturated carbocycles. The molecule has 0 spiro atoms. The summed E-state index contributed by atoms with van der Waals surface area (Å²) in [5.74, 6) is -0.0582. The van der Waals surface area contributed by atoms with Gasteiger partial charge in [0.15, 0.2) is 0 Å². The molecule has 5 rings (SSSR count). The summed E-state index contributed by atoms with van der Waals surface area (Å²) in [4.78, 5) is 15.4. The molecule has 0 aromatic heterocycles. The molecule has 0 radical (unpaired) electrons. The highest BCUT2D eigenvalue weighted by atomic mass is 16.6. The van der Waals surface area contributed by atoms with Crippen molar-refractivity contribution in [2.75, 3.05) is 19.6 Å². The predicted octanol–water partition coefficient (Wildman–Crippen LogP) is 2.62. The van der Waals surface area contributed by atoms with Crippen LogP contribution < -0.4 is 0 Å². The Labute approximate surface area is 143 Å². The Balaban J connectivity index is 1.60. The summed E-state index contributed by atoms with van der Waals surface area (Å²) in [7, 11) is 0. The van der Waals surface area contributed by atoms with Crippen LogP contribution in [0, 0.1) is 5.92 Å². The molecule has 0 unspecified atom stereocenters. The average molecular weight is 327 g/mol. The van der Waals surface area contributed by atoms with E-state index in [1.54, 1.807) is 0 Å². The molecule has 3 fully saturated rings. The highest BCUT2D eigenvalue weighted by molar-refractivity contribution is 5.85. The van der Waals surface area contributed by atoms with E-state index in [9.17, 15) is 9.90 Å². The van der Waals surface area contributed by atoms with Crippen LogP contribution >= 0.6 is 0 Å². The topological polar surface area (TPSA) is 49.8 Å². The van der Waals surface area contributed by atoms with Crippen molar-refractivity contribution in [1.82, 2.24) is 4.90 Å². The third-order valence-corrected chi connectivity index (χ3v) is 5.85. The quantitative estimate of drug-likeness (QED) is 0.682. The zero-order chi connectivity index (χ0) is 16.6. The van der Waals surface area contributed by atoms with E-state index < -0.39 is 11.6 Å². The number of carbonyl (C=O) groups is 1. The molecule has 0 amide bonds. The number of hydrogen-bond acceptors (Lipinski definition) is 4. The molecule has 2 atom stereocenters. The van der Waals surface area contributed by atoms with Crippen LogP contribution in [0.5, 0.6) is 0 Å². The number of benzene rings is 1. The maximum atomic E-state index is 13.1.